The zero-order valence-corrected chi connectivity index (χ0v) is 19.4. The fourth-order valence-corrected chi connectivity index (χ4v) is 4.06. The Kier molecular flexibility index (Phi) is 5.60. The molecule has 0 aromatic carbocycles. The van der Waals surface area contributed by atoms with Crippen LogP contribution in [0.3, 0.4) is 0 Å². The van der Waals surface area contributed by atoms with Crippen molar-refractivity contribution < 1.29 is 18.5 Å². The molecule has 0 amide bonds. The van der Waals surface area contributed by atoms with E-state index in [1.165, 1.54) is 15.6 Å². The number of nitrogens with zero attached hydrogens (tertiary/aromatic N) is 8. The van der Waals surface area contributed by atoms with E-state index in [1.54, 1.807) is 13.8 Å². The average Bonchev–Trinajstić information content (AvgIpc) is 3.36. The number of aryl methyl sites for hydroxylation is 2. The molecular formula is C19H17Cl2FN8O4. The second-order valence-corrected chi connectivity index (χ2v) is 8.56. The monoisotopic (exact) mass is 510 g/mol. The van der Waals surface area contributed by atoms with E-state index in [2.05, 4.69) is 25.1 Å². The van der Waals surface area contributed by atoms with Gasteiger partial charge in [0, 0.05) is 19.0 Å². The van der Waals surface area contributed by atoms with Gasteiger partial charge in [0.05, 0.1) is 16.9 Å². The summed E-state index contributed by atoms with van der Waals surface area (Å²) in [7, 11) is 0. The average molecular weight is 511 g/mol. The van der Waals surface area contributed by atoms with Crippen LogP contribution in [0.2, 0.25) is 10.4 Å². The van der Waals surface area contributed by atoms with E-state index in [9.17, 15) is 14.5 Å². The van der Waals surface area contributed by atoms with Crippen molar-refractivity contribution in [2.24, 2.45) is 0 Å². The summed E-state index contributed by atoms with van der Waals surface area (Å²) in [6, 6.07) is 0. The Morgan fingerprint density at radius 2 is 2.09 bits per heavy atom. The fraction of sp³-hybridized carbons (Fsp3) is 0.421. The highest BCUT2D eigenvalue weighted by Crippen LogP contribution is 2.48. The Morgan fingerprint density at radius 1 is 1.32 bits per heavy atom. The second kappa shape index (κ2) is 8.47. The highest BCUT2D eigenvalue weighted by atomic mass is 35.5. The molecule has 5 rings (SSSR count). The summed E-state index contributed by atoms with van der Waals surface area (Å²) in [6.45, 7) is 2.58. The number of oxazole rings is 1. The normalized spacial score (nSPS) is 14.6. The van der Waals surface area contributed by atoms with Crippen LogP contribution in [0.1, 0.15) is 36.0 Å². The second-order valence-electron chi connectivity index (χ2n) is 7.86. The van der Waals surface area contributed by atoms with E-state index in [4.69, 9.17) is 32.4 Å². The minimum absolute atomic E-state index is 0.0382. The smallest absolute Gasteiger partial charge is 0.354 e. The maximum atomic E-state index is 14.9. The molecule has 34 heavy (non-hydrogen) atoms. The summed E-state index contributed by atoms with van der Waals surface area (Å²) in [5.41, 5.74) is 0.825. The van der Waals surface area contributed by atoms with Crippen molar-refractivity contribution in [1.82, 2.24) is 34.5 Å². The fourth-order valence-electron chi connectivity index (χ4n) is 3.70. The Balaban J connectivity index is 1.41. The van der Waals surface area contributed by atoms with Crippen LogP contribution in [-0.2, 0) is 6.54 Å². The van der Waals surface area contributed by atoms with Crippen LogP contribution >= 0.6 is 23.2 Å². The number of ether oxygens (including phenoxy) is 1. The molecule has 0 spiro atoms. The third kappa shape index (κ3) is 4.05. The molecule has 0 bridgehead atoms. The quantitative estimate of drug-likeness (QED) is 0.194. The number of fused-ring (bicyclic) bond motifs is 1. The van der Waals surface area contributed by atoms with Crippen molar-refractivity contribution >= 4 is 39.9 Å². The molecule has 178 valence electrons. The van der Waals surface area contributed by atoms with Crippen molar-refractivity contribution in [3.05, 3.63) is 44.0 Å². The van der Waals surface area contributed by atoms with Crippen molar-refractivity contribution in [3.63, 3.8) is 0 Å². The minimum Gasteiger partial charge on any atom is -0.469 e. The van der Waals surface area contributed by atoms with Gasteiger partial charge >= 0.3 is 11.6 Å². The number of rotatable bonds is 8. The number of hydrogen-bond acceptors (Lipinski definition) is 9. The standard InChI is InChI=1S/C19H17Cl2FN8O4/c1-8-18(34-9(2)24-8)29-13(10-3-4-10)14(30(31)32)17(27-29)33-7-11(22)6-28-16-12(15(20)26-28)5-23-19(21)25-16/h5,10-11H,3-4,6-7H2,1-2H3. The zero-order valence-electron chi connectivity index (χ0n) is 17.9. The van der Waals surface area contributed by atoms with Gasteiger partial charge in [0.15, 0.2) is 22.9 Å². The predicted molar refractivity (Wildman–Crippen MR) is 117 cm³/mol. The van der Waals surface area contributed by atoms with Crippen molar-refractivity contribution in [2.45, 2.75) is 45.3 Å². The molecule has 4 aromatic rings. The lowest BCUT2D eigenvalue weighted by molar-refractivity contribution is -0.386. The molecule has 1 unspecified atom stereocenters. The Hall–Kier alpha value is -3.32. The molecule has 0 aliphatic heterocycles. The Morgan fingerprint density at radius 3 is 2.74 bits per heavy atom. The van der Waals surface area contributed by atoms with Gasteiger partial charge in [0.1, 0.15) is 18.0 Å². The van der Waals surface area contributed by atoms with E-state index >= 15 is 0 Å². The number of halogens is 3. The van der Waals surface area contributed by atoms with Gasteiger partial charge in [0.25, 0.3) is 0 Å². The van der Waals surface area contributed by atoms with Crippen LogP contribution in [0.25, 0.3) is 16.9 Å². The summed E-state index contributed by atoms with van der Waals surface area (Å²) in [5.74, 6) is 0.297. The van der Waals surface area contributed by atoms with Crippen molar-refractivity contribution in [2.75, 3.05) is 6.61 Å². The van der Waals surface area contributed by atoms with E-state index in [-0.39, 0.29) is 46.0 Å². The Bertz CT molecular complexity index is 1410. The maximum Gasteiger partial charge on any atom is 0.354 e. The summed E-state index contributed by atoms with van der Waals surface area (Å²) >= 11 is 11.9. The summed E-state index contributed by atoms with van der Waals surface area (Å²) in [4.78, 5) is 23.4. The molecule has 4 aromatic heterocycles. The van der Waals surface area contributed by atoms with Crippen LogP contribution in [0.4, 0.5) is 10.1 Å². The number of aromatic nitrogens is 7. The first kappa shape index (κ1) is 22.5. The summed E-state index contributed by atoms with van der Waals surface area (Å²) in [6.07, 6.45) is 1.31. The summed E-state index contributed by atoms with van der Waals surface area (Å²) in [5, 5.41) is 20.7. The number of alkyl halides is 1. The molecule has 12 nitrogen and oxygen atoms in total. The lowest BCUT2D eigenvalue weighted by Gasteiger charge is -2.09. The molecule has 15 heteroatoms. The largest absolute Gasteiger partial charge is 0.469 e. The molecule has 0 saturated heterocycles. The van der Waals surface area contributed by atoms with Gasteiger partial charge in [0.2, 0.25) is 11.2 Å². The van der Waals surface area contributed by atoms with Gasteiger partial charge in [-0.2, -0.15) is 14.8 Å². The lowest BCUT2D eigenvalue weighted by atomic mass is 10.2. The molecule has 1 fully saturated rings. The first-order valence-electron chi connectivity index (χ1n) is 10.3. The zero-order chi connectivity index (χ0) is 24.1. The highest BCUT2D eigenvalue weighted by molar-refractivity contribution is 6.34. The van der Waals surface area contributed by atoms with Gasteiger partial charge in [-0.15, -0.1) is 5.10 Å². The number of hydrogen-bond donors (Lipinski definition) is 0. The van der Waals surface area contributed by atoms with E-state index in [0.717, 1.165) is 12.8 Å². The third-order valence-electron chi connectivity index (χ3n) is 5.27. The molecule has 4 heterocycles. The first-order valence-corrected chi connectivity index (χ1v) is 11.0. The maximum absolute atomic E-state index is 14.9. The van der Waals surface area contributed by atoms with Gasteiger partial charge in [-0.3, -0.25) is 10.1 Å². The van der Waals surface area contributed by atoms with Gasteiger partial charge in [-0.25, -0.2) is 19.0 Å². The van der Waals surface area contributed by atoms with Crippen LogP contribution in [0.5, 0.6) is 5.88 Å². The van der Waals surface area contributed by atoms with Crippen LogP contribution in [-0.4, -0.2) is 52.2 Å². The van der Waals surface area contributed by atoms with E-state index in [0.29, 0.717) is 22.7 Å². The minimum atomic E-state index is -1.61. The highest BCUT2D eigenvalue weighted by Gasteiger charge is 2.41. The van der Waals surface area contributed by atoms with E-state index in [1.807, 2.05) is 0 Å². The number of nitro groups is 1. The molecule has 1 saturated carbocycles. The molecule has 1 aliphatic carbocycles. The van der Waals surface area contributed by atoms with Gasteiger partial charge in [-0.05, 0) is 31.4 Å². The van der Waals surface area contributed by atoms with Crippen LogP contribution < -0.4 is 4.74 Å². The lowest BCUT2D eigenvalue weighted by Crippen LogP contribution is -2.21. The predicted octanol–water partition coefficient (Wildman–Crippen LogP) is 4.13. The molecule has 0 N–H and O–H groups in total. The van der Waals surface area contributed by atoms with Crippen LogP contribution in [0.15, 0.2) is 10.6 Å². The molecule has 1 atom stereocenters. The van der Waals surface area contributed by atoms with Crippen molar-refractivity contribution in [1.29, 1.82) is 0 Å². The third-order valence-corrected chi connectivity index (χ3v) is 5.73. The SMILES string of the molecule is Cc1nc(C)c(-n2nc(OCC(F)Cn3nc(Cl)c4cnc(Cl)nc43)c([N+](=O)[O-])c2C2CC2)o1. The molecule has 0 radical (unpaired) electrons. The van der Waals surface area contributed by atoms with Crippen LogP contribution in [0, 0.1) is 24.0 Å². The Labute approximate surface area is 200 Å². The van der Waals surface area contributed by atoms with E-state index < -0.39 is 17.7 Å². The first-order chi connectivity index (χ1) is 16.2. The van der Waals surface area contributed by atoms with Gasteiger partial charge < -0.3 is 9.15 Å². The van der Waals surface area contributed by atoms with Crippen molar-refractivity contribution in [3.8, 4) is 11.8 Å². The van der Waals surface area contributed by atoms with Gasteiger partial charge in [-0.1, -0.05) is 11.6 Å². The summed E-state index contributed by atoms with van der Waals surface area (Å²) < 4.78 is 28.6. The topological polar surface area (TPSA) is 140 Å². The molecular weight excluding hydrogens is 494 g/mol. The molecule has 1 aliphatic rings.